The van der Waals surface area contributed by atoms with Gasteiger partial charge in [0, 0.05) is 12.3 Å². The summed E-state index contributed by atoms with van der Waals surface area (Å²) in [7, 11) is 3.14. The van der Waals surface area contributed by atoms with Gasteiger partial charge in [0.1, 0.15) is 0 Å². The van der Waals surface area contributed by atoms with E-state index in [0.29, 0.717) is 17.2 Å². The molecule has 0 unspecified atom stereocenters. The molecule has 0 amide bonds. The summed E-state index contributed by atoms with van der Waals surface area (Å²) >= 11 is 0. The van der Waals surface area contributed by atoms with Crippen LogP contribution in [0.25, 0.3) is 0 Å². The molecule has 0 aromatic carbocycles. The van der Waals surface area contributed by atoms with Gasteiger partial charge in [0.2, 0.25) is 0 Å². The molecule has 0 aliphatic carbocycles. The lowest BCUT2D eigenvalue weighted by Crippen LogP contribution is -1.94. The van der Waals surface area contributed by atoms with Crippen LogP contribution in [0.4, 0.5) is 0 Å². The van der Waals surface area contributed by atoms with Crippen LogP contribution in [-0.4, -0.2) is 19.2 Å². The molecule has 0 fully saturated rings. The van der Waals surface area contributed by atoms with E-state index >= 15 is 0 Å². The molecular weight excluding hydrogens is 142 g/mol. The lowest BCUT2D eigenvalue weighted by atomic mass is 10.3. The first-order valence-electron chi connectivity index (χ1n) is 3.18. The Morgan fingerprint density at radius 1 is 1.36 bits per heavy atom. The third-order valence-corrected chi connectivity index (χ3v) is 1.37. The molecule has 0 atom stereocenters. The zero-order chi connectivity index (χ0) is 8.27. The predicted molar refractivity (Wildman–Crippen MR) is 41.8 cm³/mol. The minimum Gasteiger partial charge on any atom is -0.493 e. The van der Waals surface area contributed by atoms with Crippen LogP contribution in [0.5, 0.6) is 11.5 Å². The Labute approximate surface area is 66.0 Å². The van der Waals surface area contributed by atoms with Crippen LogP contribution in [0.3, 0.4) is 0 Å². The molecule has 0 spiro atoms. The summed E-state index contributed by atoms with van der Waals surface area (Å²) in [6, 6.07) is 1.73. The van der Waals surface area contributed by atoms with E-state index in [1.165, 1.54) is 0 Å². The Bertz CT molecular complexity index is 248. The van der Waals surface area contributed by atoms with Crippen molar-refractivity contribution in [3.63, 3.8) is 0 Å². The Morgan fingerprint density at radius 2 is 2.09 bits per heavy atom. The quantitative estimate of drug-likeness (QED) is 0.639. The summed E-state index contributed by atoms with van der Waals surface area (Å²) in [5, 5.41) is 0. The molecule has 1 rings (SSSR count). The van der Waals surface area contributed by atoms with Gasteiger partial charge in [-0.05, 0) is 6.92 Å². The van der Waals surface area contributed by atoms with Crippen LogP contribution in [0.1, 0.15) is 5.69 Å². The number of hydrogen-bond donors (Lipinski definition) is 0. The number of ether oxygens (including phenoxy) is 2. The molecule has 1 aromatic heterocycles. The van der Waals surface area contributed by atoms with Crippen LogP contribution >= 0.6 is 0 Å². The maximum absolute atomic E-state index is 5.02. The zero-order valence-corrected chi connectivity index (χ0v) is 6.63. The maximum atomic E-state index is 5.02. The van der Waals surface area contributed by atoms with E-state index in [-0.39, 0.29) is 0 Å². The minimum atomic E-state index is 0.590. The molecule has 0 saturated heterocycles. The third kappa shape index (κ3) is 1.42. The van der Waals surface area contributed by atoms with Gasteiger partial charge in [-0.2, -0.15) is 0 Å². The van der Waals surface area contributed by atoms with Crippen molar-refractivity contribution in [2.75, 3.05) is 14.2 Å². The van der Waals surface area contributed by atoms with Gasteiger partial charge in [0.05, 0.1) is 19.9 Å². The summed E-state index contributed by atoms with van der Waals surface area (Å²) < 4.78 is 10.0. The Balaban J connectivity index is 3.13. The Morgan fingerprint density at radius 3 is 2.55 bits per heavy atom. The van der Waals surface area contributed by atoms with Crippen molar-refractivity contribution in [1.29, 1.82) is 0 Å². The monoisotopic (exact) mass is 152 g/mol. The maximum Gasteiger partial charge on any atom is 0.182 e. The molecule has 0 aliphatic heterocycles. The standard InChI is InChI=1S/C8H10NO2/c1-6-8(11-3)7(10-2)4-5-9-6/h4-5H,1H2,2-3H3. The van der Waals surface area contributed by atoms with Gasteiger partial charge in [-0.3, -0.25) is 4.98 Å². The summed E-state index contributed by atoms with van der Waals surface area (Å²) in [5.41, 5.74) is 0.590. The van der Waals surface area contributed by atoms with Gasteiger partial charge in [-0.15, -0.1) is 0 Å². The molecule has 0 N–H and O–H groups in total. The second-order valence-electron chi connectivity index (χ2n) is 1.99. The van der Waals surface area contributed by atoms with E-state index in [9.17, 15) is 0 Å². The highest BCUT2D eigenvalue weighted by Crippen LogP contribution is 2.27. The first kappa shape index (κ1) is 7.85. The highest BCUT2D eigenvalue weighted by Gasteiger charge is 2.05. The van der Waals surface area contributed by atoms with Crippen molar-refractivity contribution in [3.05, 3.63) is 24.9 Å². The Kier molecular flexibility index (Phi) is 2.31. The molecule has 3 heteroatoms. The summed E-state index contributed by atoms with van der Waals surface area (Å²) in [5.74, 6) is 1.25. The molecule has 59 valence electrons. The fourth-order valence-corrected chi connectivity index (χ4v) is 0.851. The van der Waals surface area contributed by atoms with Crippen molar-refractivity contribution in [1.82, 2.24) is 4.98 Å². The minimum absolute atomic E-state index is 0.590. The van der Waals surface area contributed by atoms with Gasteiger partial charge < -0.3 is 9.47 Å². The van der Waals surface area contributed by atoms with E-state index in [0.717, 1.165) is 0 Å². The number of hydrogen-bond acceptors (Lipinski definition) is 3. The second kappa shape index (κ2) is 3.23. The number of methoxy groups -OCH3 is 2. The van der Waals surface area contributed by atoms with E-state index in [1.54, 1.807) is 26.5 Å². The molecule has 3 nitrogen and oxygen atoms in total. The van der Waals surface area contributed by atoms with Crippen LogP contribution in [-0.2, 0) is 0 Å². The second-order valence-corrected chi connectivity index (χ2v) is 1.99. The normalized spacial score (nSPS) is 9.36. The molecule has 0 saturated carbocycles. The SMILES string of the molecule is [CH2]c1nccc(OC)c1OC. The summed E-state index contributed by atoms with van der Waals surface area (Å²) in [4.78, 5) is 3.94. The van der Waals surface area contributed by atoms with Crippen molar-refractivity contribution < 1.29 is 9.47 Å². The lowest BCUT2D eigenvalue weighted by Gasteiger charge is -2.07. The Hall–Kier alpha value is -1.25. The van der Waals surface area contributed by atoms with Crippen LogP contribution in [0.15, 0.2) is 12.3 Å². The van der Waals surface area contributed by atoms with Gasteiger partial charge in [0.25, 0.3) is 0 Å². The molecule has 1 heterocycles. The first-order valence-corrected chi connectivity index (χ1v) is 3.18. The van der Waals surface area contributed by atoms with Gasteiger partial charge in [0.15, 0.2) is 11.5 Å². The number of pyridine rings is 1. The fraction of sp³-hybridized carbons (Fsp3) is 0.250. The van der Waals surface area contributed by atoms with Crippen molar-refractivity contribution in [2.24, 2.45) is 0 Å². The summed E-state index contributed by atoms with van der Waals surface area (Å²) in [6.45, 7) is 3.68. The highest BCUT2D eigenvalue weighted by atomic mass is 16.5. The van der Waals surface area contributed by atoms with Gasteiger partial charge in [-0.1, -0.05) is 0 Å². The molecule has 11 heavy (non-hydrogen) atoms. The molecule has 1 radical (unpaired) electrons. The van der Waals surface area contributed by atoms with E-state index in [4.69, 9.17) is 9.47 Å². The van der Waals surface area contributed by atoms with Crippen LogP contribution in [0, 0.1) is 6.92 Å². The van der Waals surface area contributed by atoms with E-state index < -0.39 is 0 Å². The number of aromatic nitrogens is 1. The zero-order valence-electron chi connectivity index (χ0n) is 6.63. The van der Waals surface area contributed by atoms with Crippen molar-refractivity contribution in [2.45, 2.75) is 0 Å². The average molecular weight is 152 g/mol. The predicted octanol–water partition coefficient (Wildman–Crippen LogP) is 1.28. The third-order valence-electron chi connectivity index (χ3n) is 1.37. The lowest BCUT2D eigenvalue weighted by molar-refractivity contribution is 0.352. The van der Waals surface area contributed by atoms with Crippen molar-refractivity contribution >= 4 is 0 Å². The molecular formula is C8H10NO2. The molecule has 0 aliphatic rings. The van der Waals surface area contributed by atoms with Gasteiger partial charge >= 0.3 is 0 Å². The summed E-state index contributed by atoms with van der Waals surface area (Å²) in [6.07, 6.45) is 1.63. The average Bonchev–Trinajstić information content (AvgIpc) is 2.04. The highest BCUT2D eigenvalue weighted by molar-refractivity contribution is 5.43. The molecule has 0 bridgehead atoms. The molecule has 1 aromatic rings. The van der Waals surface area contributed by atoms with E-state index in [2.05, 4.69) is 11.9 Å². The largest absolute Gasteiger partial charge is 0.493 e. The smallest absolute Gasteiger partial charge is 0.182 e. The number of nitrogens with zero attached hydrogens (tertiary/aromatic N) is 1. The van der Waals surface area contributed by atoms with Crippen molar-refractivity contribution in [3.8, 4) is 11.5 Å². The van der Waals surface area contributed by atoms with Crippen LogP contribution in [0.2, 0.25) is 0 Å². The van der Waals surface area contributed by atoms with E-state index in [1.807, 2.05) is 0 Å². The topological polar surface area (TPSA) is 31.4 Å². The van der Waals surface area contributed by atoms with Crippen LogP contribution < -0.4 is 9.47 Å². The number of rotatable bonds is 2. The van der Waals surface area contributed by atoms with Gasteiger partial charge in [-0.25, -0.2) is 0 Å². The fourth-order valence-electron chi connectivity index (χ4n) is 0.851. The first-order chi connectivity index (χ1) is 5.29.